The molecule has 1 amide bonds. The van der Waals surface area contributed by atoms with Crippen LogP contribution < -0.4 is 5.32 Å². The average molecular weight is 300 g/mol. The molecule has 1 N–H and O–H groups in total. The second kappa shape index (κ2) is 6.51. The van der Waals surface area contributed by atoms with Gasteiger partial charge in [-0.05, 0) is 39.8 Å². The molecular weight excluding hydrogens is 280 g/mol. The van der Waals surface area contributed by atoms with Crippen molar-refractivity contribution in [3.05, 3.63) is 41.5 Å². The lowest BCUT2D eigenvalue weighted by Crippen LogP contribution is -2.19. The summed E-state index contributed by atoms with van der Waals surface area (Å²) in [6.45, 7) is 7.11. The number of carbonyl (C=O) groups is 2. The molecule has 0 aliphatic carbocycles. The Balaban J connectivity index is 2.02. The van der Waals surface area contributed by atoms with E-state index in [-0.39, 0.29) is 24.2 Å². The van der Waals surface area contributed by atoms with Crippen molar-refractivity contribution in [1.82, 2.24) is 14.8 Å². The molecule has 116 valence electrons. The summed E-state index contributed by atoms with van der Waals surface area (Å²) in [6, 6.07) is 6.83. The fraction of sp³-hybridized carbons (Fsp3) is 0.375. The molecule has 0 saturated heterocycles. The number of nitrogens with zero attached hydrogens (tertiary/aromatic N) is 3. The Hall–Kier alpha value is -2.50. The summed E-state index contributed by atoms with van der Waals surface area (Å²) < 4.78 is 1.75. The first-order valence-electron chi connectivity index (χ1n) is 7.17. The van der Waals surface area contributed by atoms with Crippen molar-refractivity contribution in [1.29, 1.82) is 0 Å². The minimum atomic E-state index is -0.124. The predicted octanol–water partition coefficient (Wildman–Crippen LogP) is 2.69. The second-order valence-electron chi connectivity index (χ2n) is 5.39. The van der Waals surface area contributed by atoms with Crippen molar-refractivity contribution < 1.29 is 9.59 Å². The van der Waals surface area contributed by atoms with E-state index in [2.05, 4.69) is 15.4 Å². The van der Waals surface area contributed by atoms with Gasteiger partial charge in [0, 0.05) is 17.7 Å². The Kier molecular flexibility index (Phi) is 4.70. The number of nitrogens with one attached hydrogen (secondary N) is 1. The standard InChI is InChI=1S/C16H20N4O2/c1-10(20-13(4)17-12(3)19-20)8-16(22)18-15-7-5-6-14(9-15)11(2)21/h5-7,9-10H,8H2,1-4H3,(H,18,22). The van der Waals surface area contributed by atoms with Gasteiger partial charge in [-0.2, -0.15) is 5.10 Å². The summed E-state index contributed by atoms with van der Waals surface area (Å²) in [6.07, 6.45) is 0.286. The minimum absolute atomic E-state index is 0.0295. The van der Waals surface area contributed by atoms with E-state index in [1.807, 2.05) is 20.8 Å². The number of Topliss-reactive ketones (excluding diaryl/α,β-unsaturated/α-hetero) is 1. The third-order valence-electron chi connectivity index (χ3n) is 3.36. The monoisotopic (exact) mass is 300 g/mol. The number of rotatable bonds is 5. The first kappa shape index (κ1) is 15.9. The summed E-state index contributed by atoms with van der Waals surface area (Å²) in [5.74, 6) is 1.33. The quantitative estimate of drug-likeness (QED) is 0.861. The van der Waals surface area contributed by atoms with Gasteiger partial charge in [0.2, 0.25) is 5.91 Å². The molecule has 6 nitrogen and oxygen atoms in total. The van der Waals surface area contributed by atoms with E-state index < -0.39 is 0 Å². The number of benzene rings is 1. The maximum atomic E-state index is 12.1. The molecule has 0 bridgehead atoms. The third-order valence-corrected chi connectivity index (χ3v) is 3.36. The molecule has 1 aromatic heterocycles. The molecule has 0 aliphatic heterocycles. The fourth-order valence-corrected chi connectivity index (χ4v) is 2.34. The molecule has 1 heterocycles. The van der Waals surface area contributed by atoms with Crippen LogP contribution in [0.2, 0.25) is 0 Å². The van der Waals surface area contributed by atoms with Gasteiger partial charge in [0.05, 0.1) is 6.04 Å². The molecule has 0 spiro atoms. The fourth-order valence-electron chi connectivity index (χ4n) is 2.34. The van der Waals surface area contributed by atoms with Crippen LogP contribution in [0.5, 0.6) is 0 Å². The highest BCUT2D eigenvalue weighted by atomic mass is 16.1. The highest BCUT2D eigenvalue weighted by molar-refractivity contribution is 5.97. The predicted molar refractivity (Wildman–Crippen MR) is 83.9 cm³/mol. The van der Waals surface area contributed by atoms with Crippen molar-refractivity contribution in [3.63, 3.8) is 0 Å². The third kappa shape index (κ3) is 3.78. The van der Waals surface area contributed by atoms with Crippen molar-refractivity contribution in [2.45, 2.75) is 40.2 Å². The minimum Gasteiger partial charge on any atom is -0.326 e. The number of anilines is 1. The lowest BCUT2D eigenvalue weighted by molar-refractivity contribution is -0.116. The van der Waals surface area contributed by atoms with Crippen LogP contribution in [0.1, 0.15) is 48.3 Å². The molecule has 1 aromatic carbocycles. The molecule has 0 saturated carbocycles. The van der Waals surface area contributed by atoms with Gasteiger partial charge in [-0.1, -0.05) is 12.1 Å². The summed E-state index contributed by atoms with van der Waals surface area (Å²) >= 11 is 0. The van der Waals surface area contributed by atoms with Crippen molar-refractivity contribution in [2.75, 3.05) is 5.32 Å². The van der Waals surface area contributed by atoms with Crippen LogP contribution in [0.25, 0.3) is 0 Å². The molecule has 1 atom stereocenters. The average Bonchev–Trinajstić information content (AvgIpc) is 2.77. The van der Waals surface area contributed by atoms with Gasteiger partial charge < -0.3 is 5.32 Å². The second-order valence-corrected chi connectivity index (χ2v) is 5.39. The van der Waals surface area contributed by atoms with Crippen LogP contribution in [0.3, 0.4) is 0 Å². The maximum Gasteiger partial charge on any atom is 0.226 e. The van der Waals surface area contributed by atoms with Crippen LogP contribution in [-0.2, 0) is 4.79 Å². The van der Waals surface area contributed by atoms with Crippen LogP contribution >= 0.6 is 0 Å². The zero-order chi connectivity index (χ0) is 16.3. The lowest BCUT2D eigenvalue weighted by atomic mass is 10.1. The van der Waals surface area contributed by atoms with E-state index in [4.69, 9.17) is 0 Å². The normalized spacial score (nSPS) is 12.0. The zero-order valence-corrected chi connectivity index (χ0v) is 13.3. The number of carbonyl (C=O) groups excluding carboxylic acids is 2. The van der Waals surface area contributed by atoms with Gasteiger partial charge in [0.25, 0.3) is 0 Å². The number of amides is 1. The first-order chi connectivity index (χ1) is 10.4. The van der Waals surface area contributed by atoms with E-state index in [0.29, 0.717) is 17.1 Å². The summed E-state index contributed by atoms with van der Waals surface area (Å²) in [7, 11) is 0. The van der Waals surface area contributed by atoms with Crippen molar-refractivity contribution in [2.24, 2.45) is 0 Å². The first-order valence-corrected chi connectivity index (χ1v) is 7.17. The van der Waals surface area contributed by atoms with Gasteiger partial charge >= 0.3 is 0 Å². The Morgan fingerprint density at radius 1 is 1.32 bits per heavy atom. The Morgan fingerprint density at radius 3 is 2.64 bits per heavy atom. The number of aryl methyl sites for hydroxylation is 2. The molecule has 1 unspecified atom stereocenters. The van der Waals surface area contributed by atoms with E-state index in [9.17, 15) is 9.59 Å². The molecular formula is C16H20N4O2. The Labute approximate surface area is 129 Å². The van der Waals surface area contributed by atoms with Crippen molar-refractivity contribution in [3.8, 4) is 0 Å². The Morgan fingerprint density at radius 2 is 2.05 bits per heavy atom. The van der Waals surface area contributed by atoms with Crippen LogP contribution in [0.15, 0.2) is 24.3 Å². The van der Waals surface area contributed by atoms with Gasteiger partial charge in [-0.15, -0.1) is 0 Å². The maximum absolute atomic E-state index is 12.1. The summed E-state index contributed by atoms with van der Waals surface area (Å²) in [5.41, 5.74) is 1.20. The molecule has 6 heteroatoms. The number of hydrogen-bond donors (Lipinski definition) is 1. The van der Waals surface area contributed by atoms with E-state index >= 15 is 0 Å². The number of hydrogen-bond acceptors (Lipinski definition) is 4. The molecule has 0 fully saturated rings. The van der Waals surface area contributed by atoms with Crippen molar-refractivity contribution >= 4 is 17.4 Å². The highest BCUT2D eigenvalue weighted by Crippen LogP contribution is 2.15. The molecule has 2 rings (SSSR count). The zero-order valence-electron chi connectivity index (χ0n) is 13.3. The highest BCUT2D eigenvalue weighted by Gasteiger charge is 2.15. The molecule has 0 radical (unpaired) electrons. The molecule has 22 heavy (non-hydrogen) atoms. The smallest absolute Gasteiger partial charge is 0.226 e. The van der Waals surface area contributed by atoms with E-state index in [1.54, 1.807) is 28.9 Å². The topological polar surface area (TPSA) is 76.9 Å². The van der Waals surface area contributed by atoms with Crippen LogP contribution in [0.4, 0.5) is 5.69 Å². The number of ketones is 1. The summed E-state index contributed by atoms with van der Waals surface area (Å²) in [5, 5.41) is 7.10. The largest absolute Gasteiger partial charge is 0.326 e. The molecule has 2 aromatic rings. The lowest BCUT2D eigenvalue weighted by Gasteiger charge is -2.13. The van der Waals surface area contributed by atoms with E-state index in [0.717, 1.165) is 5.82 Å². The van der Waals surface area contributed by atoms with Crippen LogP contribution in [-0.4, -0.2) is 26.5 Å². The van der Waals surface area contributed by atoms with Gasteiger partial charge in [0.1, 0.15) is 11.6 Å². The van der Waals surface area contributed by atoms with E-state index in [1.165, 1.54) is 6.92 Å². The Bertz CT molecular complexity index is 706. The summed E-state index contributed by atoms with van der Waals surface area (Å²) in [4.78, 5) is 27.7. The van der Waals surface area contributed by atoms with Crippen LogP contribution in [0, 0.1) is 13.8 Å². The van der Waals surface area contributed by atoms with Gasteiger partial charge in [-0.25, -0.2) is 9.67 Å². The van der Waals surface area contributed by atoms with Gasteiger partial charge in [0.15, 0.2) is 5.78 Å². The molecule has 0 aliphatic rings. The SMILES string of the molecule is CC(=O)c1cccc(NC(=O)CC(C)n2nc(C)nc2C)c1. The van der Waals surface area contributed by atoms with Gasteiger partial charge in [-0.3, -0.25) is 9.59 Å². The number of aromatic nitrogens is 3.